The predicted octanol–water partition coefficient (Wildman–Crippen LogP) is 1.38. The van der Waals surface area contributed by atoms with Gasteiger partial charge in [-0.15, -0.1) is 0 Å². The molecule has 1 N–H and O–H groups in total. The number of rotatable bonds is 3. The maximum absolute atomic E-state index is 11.5. The molecule has 0 bridgehead atoms. The monoisotopic (exact) mass is 204 g/mol. The number of benzene rings is 1. The normalized spacial score (nSPS) is 15.5. The number of amides is 2. The molecule has 4 heteroatoms. The van der Waals surface area contributed by atoms with Gasteiger partial charge in [0.05, 0.1) is 0 Å². The SMILES string of the molecule is O=CNc1cccc(N2CCCC2=O)c1. The molecule has 0 aliphatic carbocycles. The van der Waals surface area contributed by atoms with E-state index in [1.165, 1.54) is 0 Å². The maximum atomic E-state index is 11.5. The van der Waals surface area contributed by atoms with Gasteiger partial charge in [0.25, 0.3) is 0 Å². The Bertz CT molecular complexity index is 390. The van der Waals surface area contributed by atoms with Crippen LogP contribution in [0.2, 0.25) is 0 Å². The van der Waals surface area contributed by atoms with Gasteiger partial charge in [-0.3, -0.25) is 9.59 Å². The fourth-order valence-corrected chi connectivity index (χ4v) is 1.75. The van der Waals surface area contributed by atoms with E-state index in [-0.39, 0.29) is 5.91 Å². The highest BCUT2D eigenvalue weighted by atomic mass is 16.2. The molecule has 2 rings (SSSR count). The van der Waals surface area contributed by atoms with E-state index in [9.17, 15) is 9.59 Å². The summed E-state index contributed by atoms with van der Waals surface area (Å²) in [6.07, 6.45) is 2.15. The number of carbonyl (C=O) groups is 2. The van der Waals surface area contributed by atoms with Crippen LogP contribution in [0, 0.1) is 0 Å². The van der Waals surface area contributed by atoms with Crippen molar-refractivity contribution in [3.8, 4) is 0 Å². The molecule has 0 saturated carbocycles. The van der Waals surface area contributed by atoms with E-state index in [2.05, 4.69) is 5.32 Å². The van der Waals surface area contributed by atoms with Crippen LogP contribution in [0.5, 0.6) is 0 Å². The van der Waals surface area contributed by atoms with Crippen molar-refractivity contribution in [2.45, 2.75) is 12.8 Å². The zero-order chi connectivity index (χ0) is 10.7. The number of hydrogen-bond acceptors (Lipinski definition) is 2. The Kier molecular flexibility index (Phi) is 2.67. The molecule has 1 saturated heterocycles. The Morgan fingerprint density at radius 2 is 2.27 bits per heavy atom. The van der Waals surface area contributed by atoms with E-state index < -0.39 is 0 Å². The standard InChI is InChI=1S/C11H12N2O2/c14-8-12-9-3-1-4-10(7-9)13-6-2-5-11(13)15/h1,3-4,7-8H,2,5-6H2,(H,12,14). The van der Waals surface area contributed by atoms with Crippen molar-refractivity contribution < 1.29 is 9.59 Å². The average Bonchev–Trinajstić information content (AvgIpc) is 2.65. The number of nitrogens with one attached hydrogen (secondary N) is 1. The molecule has 1 fully saturated rings. The summed E-state index contributed by atoms with van der Waals surface area (Å²) in [5, 5.41) is 2.57. The Morgan fingerprint density at radius 1 is 1.40 bits per heavy atom. The third-order valence-corrected chi connectivity index (χ3v) is 2.46. The molecule has 4 nitrogen and oxygen atoms in total. The van der Waals surface area contributed by atoms with Gasteiger partial charge in [0.15, 0.2) is 0 Å². The van der Waals surface area contributed by atoms with Crippen molar-refractivity contribution in [2.24, 2.45) is 0 Å². The van der Waals surface area contributed by atoms with Gasteiger partial charge < -0.3 is 10.2 Å². The van der Waals surface area contributed by atoms with Crippen LogP contribution in [0.1, 0.15) is 12.8 Å². The second-order valence-electron chi connectivity index (χ2n) is 3.46. The summed E-state index contributed by atoms with van der Waals surface area (Å²) in [5.74, 6) is 0.151. The number of nitrogens with zero attached hydrogens (tertiary/aromatic N) is 1. The molecule has 1 aliphatic heterocycles. The van der Waals surface area contributed by atoms with Gasteiger partial charge >= 0.3 is 0 Å². The quantitative estimate of drug-likeness (QED) is 0.756. The number of anilines is 2. The molecule has 1 aromatic carbocycles. The fourth-order valence-electron chi connectivity index (χ4n) is 1.75. The third-order valence-electron chi connectivity index (χ3n) is 2.46. The lowest BCUT2D eigenvalue weighted by molar-refractivity contribution is -0.117. The van der Waals surface area contributed by atoms with Crippen LogP contribution in [0.3, 0.4) is 0 Å². The molecule has 0 atom stereocenters. The first kappa shape index (κ1) is 9.71. The highest BCUT2D eigenvalue weighted by Gasteiger charge is 2.21. The average molecular weight is 204 g/mol. The second kappa shape index (κ2) is 4.13. The number of carbonyl (C=O) groups excluding carboxylic acids is 2. The first-order valence-corrected chi connectivity index (χ1v) is 4.92. The summed E-state index contributed by atoms with van der Waals surface area (Å²) < 4.78 is 0. The molecule has 1 aliphatic rings. The Balaban J connectivity index is 2.23. The minimum atomic E-state index is 0.151. The van der Waals surface area contributed by atoms with Crippen LogP contribution in [0.15, 0.2) is 24.3 Å². The van der Waals surface area contributed by atoms with Crippen molar-refractivity contribution in [3.05, 3.63) is 24.3 Å². The van der Waals surface area contributed by atoms with Crippen molar-refractivity contribution in [2.75, 3.05) is 16.8 Å². The molecule has 1 heterocycles. The van der Waals surface area contributed by atoms with Gasteiger partial charge in [-0.05, 0) is 24.6 Å². The molecule has 0 unspecified atom stereocenters. The van der Waals surface area contributed by atoms with Crippen LogP contribution in [0.25, 0.3) is 0 Å². The lowest BCUT2D eigenvalue weighted by Gasteiger charge is -2.16. The van der Waals surface area contributed by atoms with Gasteiger partial charge in [0.2, 0.25) is 12.3 Å². The van der Waals surface area contributed by atoms with E-state index in [1.54, 1.807) is 17.0 Å². The Hall–Kier alpha value is -1.84. The van der Waals surface area contributed by atoms with Gasteiger partial charge in [0.1, 0.15) is 0 Å². The molecule has 78 valence electrons. The highest BCUT2D eigenvalue weighted by molar-refractivity contribution is 5.96. The smallest absolute Gasteiger partial charge is 0.227 e. The van der Waals surface area contributed by atoms with E-state index in [0.717, 1.165) is 18.7 Å². The summed E-state index contributed by atoms with van der Waals surface area (Å²) in [6.45, 7) is 0.767. The molecule has 0 aromatic heterocycles. The van der Waals surface area contributed by atoms with Crippen LogP contribution >= 0.6 is 0 Å². The molecular formula is C11H12N2O2. The largest absolute Gasteiger partial charge is 0.329 e. The minimum Gasteiger partial charge on any atom is -0.329 e. The lowest BCUT2D eigenvalue weighted by Crippen LogP contribution is -2.23. The van der Waals surface area contributed by atoms with Gasteiger partial charge in [-0.25, -0.2) is 0 Å². The molecule has 1 aromatic rings. The summed E-state index contributed by atoms with van der Waals surface area (Å²) in [6, 6.07) is 7.29. The van der Waals surface area contributed by atoms with Crippen molar-refractivity contribution >= 4 is 23.7 Å². The summed E-state index contributed by atoms with van der Waals surface area (Å²) in [7, 11) is 0. The molecule has 0 spiro atoms. The van der Waals surface area contributed by atoms with E-state index in [1.807, 2.05) is 12.1 Å². The van der Waals surface area contributed by atoms with Crippen LogP contribution < -0.4 is 10.2 Å². The minimum absolute atomic E-state index is 0.151. The van der Waals surface area contributed by atoms with E-state index in [4.69, 9.17) is 0 Å². The van der Waals surface area contributed by atoms with Crippen molar-refractivity contribution in [1.82, 2.24) is 0 Å². The number of hydrogen-bond donors (Lipinski definition) is 1. The Morgan fingerprint density at radius 3 is 2.93 bits per heavy atom. The second-order valence-corrected chi connectivity index (χ2v) is 3.46. The molecule has 0 radical (unpaired) electrons. The van der Waals surface area contributed by atoms with Gasteiger partial charge in [-0.2, -0.15) is 0 Å². The lowest BCUT2D eigenvalue weighted by atomic mass is 10.2. The van der Waals surface area contributed by atoms with Gasteiger partial charge in [0, 0.05) is 24.3 Å². The zero-order valence-corrected chi connectivity index (χ0v) is 8.27. The van der Waals surface area contributed by atoms with Crippen LogP contribution in [-0.2, 0) is 9.59 Å². The van der Waals surface area contributed by atoms with E-state index >= 15 is 0 Å². The maximum Gasteiger partial charge on any atom is 0.227 e. The first-order chi connectivity index (χ1) is 7.31. The first-order valence-electron chi connectivity index (χ1n) is 4.92. The zero-order valence-electron chi connectivity index (χ0n) is 8.27. The van der Waals surface area contributed by atoms with Crippen LogP contribution in [-0.4, -0.2) is 18.9 Å². The summed E-state index contributed by atoms with van der Waals surface area (Å²) >= 11 is 0. The molecule has 2 amide bonds. The highest BCUT2D eigenvalue weighted by Crippen LogP contribution is 2.23. The van der Waals surface area contributed by atoms with Crippen LogP contribution in [0.4, 0.5) is 11.4 Å². The van der Waals surface area contributed by atoms with Crippen molar-refractivity contribution in [3.63, 3.8) is 0 Å². The van der Waals surface area contributed by atoms with Crippen molar-refractivity contribution in [1.29, 1.82) is 0 Å². The molecule has 15 heavy (non-hydrogen) atoms. The summed E-state index contributed by atoms with van der Waals surface area (Å²) in [4.78, 5) is 23.5. The Labute approximate surface area is 87.9 Å². The topological polar surface area (TPSA) is 49.4 Å². The predicted molar refractivity (Wildman–Crippen MR) is 57.7 cm³/mol. The summed E-state index contributed by atoms with van der Waals surface area (Å²) in [5.41, 5.74) is 1.56. The third kappa shape index (κ3) is 1.98. The molecular weight excluding hydrogens is 192 g/mol. The van der Waals surface area contributed by atoms with E-state index in [0.29, 0.717) is 18.5 Å². The fraction of sp³-hybridized carbons (Fsp3) is 0.273. The van der Waals surface area contributed by atoms with Gasteiger partial charge in [-0.1, -0.05) is 6.07 Å².